The maximum atomic E-state index is 6.33. The molecule has 0 radical (unpaired) electrons. The molecular formula is C20H12Cl2I2N6O. The second kappa shape index (κ2) is 8.05. The van der Waals surface area contributed by atoms with Crippen LogP contribution in [0.15, 0.2) is 24.3 Å². The van der Waals surface area contributed by atoms with Crippen molar-refractivity contribution in [2.45, 2.75) is 21.3 Å². The summed E-state index contributed by atoms with van der Waals surface area (Å²) in [4.78, 5) is 0. The molecule has 0 aliphatic heterocycles. The van der Waals surface area contributed by atoms with Crippen LogP contribution in [-0.2, 0) is 12.2 Å². The SMILES string of the molecule is C#CC(I)(OC(I)(C#C)n1nnc2cc(Cl)c(C)cc21)n1nnc2cc(Cl)c(C)cc21. The van der Waals surface area contributed by atoms with Crippen molar-refractivity contribution >= 4 is 90.5 Å². The van der Waals surface area contributed by atoms with E-state index >= 15 is 0 Å². The van der Waals surface area contributed by atoms with Gasteiger partial charge in [-0.2, -0.15) is 9.36 Å². The third kappa shape index (κ3) is 3.76. The number of nitrogens with zero attached hydrogens (tertiary/aromatic N) is 6. The third-order valence-electron chi connectivity index (χ3n) is 4.62. The number of aryl methyl sites for hydroxylation is 2. The van der Waals surface area contributed by atoms with E-state index in [-0.39, 0.29) is 0 Å². The van der Waals surface area contributed by atoms with Gasteiger partial charge in [0.25, 0.3) is 7.46 Å². The Morgan fingerprint density at radius 2 is 1.23 bits per heavy atom. The van der Waals surface area contributed by atoms with Gasteiger partial charge in [-0.3, -0.25) is 4.74 Å². The molecule has 0 saturated carbocycles. The smallest absolute Gasteiger partial charge is 0.281 e. The lowest BCUT2D eigenvalue weighted by Gasteiger charge is -2.31. The fourth-order valence-corrected chi connectivity index (χ4v) is 5.05. The zero-order valence-electron chi connectivity index (χ0n) is 16.1. The maximum absolute atomic E-state index is 6.33. The Bertz CT molecular complexity index is 1330. The van der Waals surface area contributed by atoms with E-state index in [4.69, 9.17) is 40.8 Å². The highest BCUT2D eigenvalue weighted by atomic mass is 127. The van der Waals surface area contributed by atoms with Crippen molar-refractivity contribution in [1.82, 2.24) is 30.0 Å². The van der Waals surface area contributed by atoms with Crippen LogP contribution in [0.5, 0.6) is 0 Å². The Labute approximate surface area is 215 Å². The van der Waals surface area contributed by atoms with Crippen LogP contribution in [0.25, 0.3) is 22.1 Å². The van der Waals surface area contributed by atoms with Gasteiger partial charge < -0.3 is 0 Å². The van der Waals surface area contributed by atoms with E-state index in [0.29, 0.717) is 32.1 Å². The summed E-state index contributed by atoms with van der Waals surface area (Å²) in [6, 6.07) is 7.12. The first kappa shape index (κ1) is 22.6. The van der Waals surface area contributed by atoms with Gasteiger partial charge in [-0.25, -0.2) is 0 Å². The molecule has 11 heteroatoms. The van der Waals surface area contributed by atoms with Gasteiger partial charge in [0, 0.05) is 10.0 Å². The average molecular weight is 677 g/mol. The zero-order chi connectivity index (χ0) is 22.6. The lowest BCUT2D eigenvalue weighted by molar-refractivity contribution is -0.0614. The quantitative estimate of drug-likeness (QED) is 0.170. The predicted octanol–water partition coefficient (Wildman–Crippen LogP) is 5.17. The summed E-state index contributed by atoms with van der Waals surface area (Å²) >= 11 is 16.4. The number of halogens is 4. The molecule has 0 N–H and O–H groups in total. The molecule has 31 heavy (non-hydrogen) atoms. The van der Waals surface area contributed by atoms with Crippen molar-refractivity contribution in [3.8, 4) is 24.7 Å². The van der Waals surface area contributed by atoms with Crippen molar-refractivity contribution in [3.05, 3.63) is 45.4 Å². The fraction of sp³-hybridized carbons (Fsp3) is 0.200. The Morgan fingerprint density at radius 1 is 0.839 bits per heavy atom. The molecule has 2 atom stereocenters. The van der Waals surface area contributed by atoms with Crippen LogP contribution in [0.2, 0.25) is 10.0 Å². The molecular weight excluding hydrogens is 665 g/mol. The number of terminal acetylenes is 2. The predicted molar refractivity (Wildman–Crippen MR) is 137 cm³/mol. The van der Waals surface area contributed by atoms with E-state index in [9.17, 15) is 0 Å². The number of benzene rings is 2. The number of alkyl halides is 2. The van der Waals surface area contributed by atoms with E-state index in [1.54, 1.807) is 12.1 Å². The standard InChI is InChI=1S/C20H12Cl2I2N6O/c1-5-19(23,29-17-7-11(3)13(21)9-15(17)25-27-29)31-20(24,6-2)30-18-8-12(4)14(22)10-16(18)26-28-30/h1-2,7-10H,3-4H3. The van der Waals surface area contributed by atoms with E-state index in [1.165, 1.54) is 9.36 Å². The molecule has 2 aromatic carbocycles. The van der Waals surface area contributed by atoms with E-state index < -0.39 is 7.46 Å². The average Bonchev–Trinajstić information content (AvgIpc) is 3.33. The fourth-order valence-electron chi connectivity index (χ4n) is 2.96. The van der Waals surface area contributed by atoms with Crippen molar-refractivity contribution in [3.63, 3.8) is 0 Å². The van der Waals surface area contributed by atoms with Crippen molar-refractivity contribution in [2.24, 2.45) is 0 Å². The molecule has 0 fully saturated rings. The summed E-state index contributed by atoms with van der Waals surface area (Å²) in [5.74, 6) is 5.27. The number of hydrogen-bond acceptors (Lipinski definition) is 5. The van der Waals surface area contributed by atoms with Crippen LogP contribution < -0.4 is 0 Å². The third-order valence-corrected chi connectivity index (χ3v) is 7.41. The normalized spacial score (nSPS) is 15.4. The number of fused-ring (bicyclic) bond motifs is 2. The monoisotopic (exact) mass is 676 g/mol. The molecule has 0 saturated heterocycles. The molecule has 0 aliphatic carbocycles. The van der Waals surface area contributed by atoms with Crippen molar-refractivity contribution in [2.75, 3.05) is 0 Å². The summed E-state index contributed by atoms with van der Waals surface area (Å²) in [5, 5.41) is 17.9. The highest BCUT2D eigenvalue weighted by Crippen LogP contribution is 2.40. The Morgan fingerprint density at radius 3 is 1.58 bits per heavy atom. The van der Waals surface area contributed by atoms with Gasteiger partial charge in [0.15, 0.2) is 0 Å². The lowest BCUT2D eigenvalue weighted by atomic mass is 10.2. The minimum Gasteiger partial charge on any atom is -0.286 e. The van der Waals surface area contributed by atoms with Gasteiger partial charge in [0.2, 0.25) is 0 Å². The molecule has 2 heterocycles. The summed E-state index contributed by atoms with van der Waals surface area (Å²) < 4.78 is 6.43. The van der Waals surface area contributed by atoms with Crippen molar-refractivity contribution in [1.29, 1.82) is 0 Å². The van der Waals surface area contributed by atoms with Gasteiger partial charge in [-0.15, -0.1) is 23.0 Å². The summed E-state index contributed by atoms with van der Waals surface area (Å²) in [6.07, 6.45) is 11.8. The second-order valence-electron chi connectivity index (χ2n) is 6.70. The molecule has 0 bridgehead atoms. The van der Waals surface area contributed by atoms with Crippen LogP contribution in [-0.4, -0.2) is 30.0 Å². The largest absolute Gasteiger partial charge is 0.286 e. The van der Waals surface area contributed by atoms with E-state index in [0.717, 1.165) is 11.1 Å². The Kier molecular flexibility index (Phi) is 5.85. The summed E-state index contributed by atoms with van der Waals surface area (Å²) in [6.45, 7) is 3.76. The molecule has 7 nitrogen and oxygen atoms in total. The Balaban J connectivity index is 1.85. The topological polar surface area (TPSA) is 70.7 Å². The minimum atomic E-state index is -1.43. The molecule has 156 valence electrons. The Hall–Kier alpha value is -1.64. The van der Waals surface area contributed by atoms with Crippen LogP contribution in [0, 0.1) is 38.5 Å². The first-order chi connectivity index (χ1) is 14.6. The highest BCUT2D eigenvalue weighted by Gasteiger charge is 2.43. The molecule has 2 unspecified atom stereocenters. The van der Waals surface area contributed by atoms with Crippen molar-refractivity contribution < 1.29 is 4.74 Å². The first-order valence-electron chi connectivity index (χ1n) is 8.69. The lowest BCUT2D eigenvalue weighted by Crippen LogP contribution is -2.40. The molecule has 4 aromatic rings. The van der Waals surface area contributed by atoms with Crippen LogP contribution in [0.3, 0.4) is 0 Å². The van der Waals surface area contributed by atoms with Gasteiger partial charge in [-0.1, -0.05) is 33.6 Å². The molecule has 0 aliphatic rings. The van der Waals surface area contributed by atoms with Gasteiger partial charge in [-0.05, 0) is 106 Å². The highest BCUT2D eigenvalue weighted by molar-refractivity contribution is 14.1. The molecule has 0 spiro atoms. The minimum absolute atomic E-state index is 0.576. The number of rotatable bonds is 4. The van der Waals surface area contributed by atoms with Gasteiger partial charge in [0.05, 0.1) is 11.0 Å². The zero-order valence-corrected chi connectivity index (χ0v) is 21.9. The first-order valence-corrected chi connectivity index (χ1v) is 11.6. The maximum Gasteiger partial charge on any atom is 0.281 e. The molecule has 4 rings (SSSR count). The van der Waals surface area contributed by atoms with Crippen LogP contribution in [0.4, 0.5) is 0 Å². The van der Waals surface area contributed by atoms with E-state index in [1.807, 2.05) is 71.2 Å². The molecule has 2 aromatic heterocycles. The number of ether oxygens (including phenoxy) is 1. The number of aromatic nitrogens is 6. The van der Waals surface area contributed by atoms with Gasteiger partial charge in [0.1, 0.15) is 11.0 Å². The van der Waals surface area contributed by atoms with Crippen LogP contribution >= 0.6 is 68.4 Å². The second-order valence-corrected chi connectivity index (χ2v) is 10.4. The summed E-state index contributed by atoms with van der Waals surface area (Å²) in [5.41, 5.74) is 4.15. The van der Waals surface area contributed by atoms with Crippen LogP contribution in [0.1, 0.15) is 11.1 Å². The number of hydrogen-bond donors (Lipinski definition) is 0. The van der Waals surface area contributed by atoms with E-state index in [2.05, 4.69) is 32.5 Å². The summed E-state index contributed by atoms with van der Waals surface area (Å²) in [7, 11) is 0. The molecule has 0 amide bonds. The van der Waals surface area contributed by atoms with Gasteiger partial charge >= 0.3 is 0 Å².